The molecule has 36 heavy (non-hydrogen) atoms. The van der Waals surface area contributed by atoms with Gasteiger partial charge in [0.05, 0.1) is 0 Å². The first kappa shape index (κ1) is 24.1. The van der Waals surface area contributed by atoms with Crippen LogP contribution in [0.15, 0.2) is 91.0 Å². The molecule has 1 amide bonds. The average molecular weight is 484 g/mol. The van der Waals surface area contributed by atoms with Gasteiger partial charge in [0, 0.05) is 0 Å². The molecule has 1 saturated carbocycles. The second kappa shape index (κ2) is 11.4. The fraction of sp³-hybridized carbons (Fsp3) is 0.355. The van der Waals surface area contributed by atoms with Crippen LogP contribution in [0, 0.1) is 5.92 Å². The minimum absolute atomic E-state index is 0.152. The van der Waals surface area contributed by atoms with E-state index in [4.69, 9.17) is 9.47 Å². The van der Waals surface area contributed by atoms with Gasteiger partial charge >= 0.3 is 12.1 Å². The fourth-order valence-electron chi connectivity index (χ4n) is 5.58. The molecule has 1 aliphatic heterocycles. The Hall–Kier alpha value is -3.60. The van der Waals surface area contributed by atoms with Crippen molar-refractivity contribution in [3.8, 4) is 0 Å². The summed E-state index contributed by atoms with van der Waals surface area (Å²) in [5.74, 6) is 0.0451. The quantitative estimate of drug-likeness (QED) is 0.354. The fourth-order valence-corrected chi connectivity index (χ4v) is 5.58. The molecule has 1 saturated heterocycles. The third kappa shape index (κ3) is 5.46. The van der Waals surface area contributed by atoms with E-state index in [9.17, 15) is 9.59 Å². The number of carbonyl (C=O) groups is 2. The van der Waals surface area contributed by atoms with Gasteiger partial charge in [-0.25, -0.2) is 9.59 Å². The third-order valence-corrected chi connectivity index (χ3v) is 7.40. The molecular weight excluding hydrogens is 450 g/mol. The molecule has 5 rings (SSSR count). The zero-order chi connectivity index (χ0) is 24.7. The van der Waals surface area contributed by atoms with Crippen molar-refractivity contribution in [1.29, 1.82) is 0 Å². The van der Waals surface area contributed by atoms with Gasteiger partial charge in [-0.3, -0.25) is 4.90 Å². The highest BCUT2D eigenvalue weighted by Crippen LogP contribution is 2.44. The summed E-state index contributed by atoms with van der Waals surface area (Å²) in [7, 11) is 0. The van der Waals surface area contributed by atoms with Gasteiger partial charge in [-0.15, -0.1) is 0 Å². The first-order chi connectivity index (χ1) is 17.7. The van der Waals surface area contributed by atoms with Gasteiger partial charge in [0.15, 0.2) is 6.10 Å². The Bertz CT molecular complexity index is 1130. The van der Waals surface area contributed by atoms with E-state index in [0.29, 0.717) is 12.3 Å². The maximum Gasteiger partial charge on any atom is 0.411 e. The number of morpholine rings is 1. The molecule has 0 unspecified atom stereocenters. The number of amides is 1. The highest BCUT2D eigenvalue weighted by molar-refractivity contribution is 5.83. The molecule has 0 bridgehead atoms. The zero-order valence-corrected chi connectivity index (χ0v) is 20.5. The van der Waals surface area contributed by atoms with Gasteiger partial charge in [-0.05, 0) is 29.0 Å². The van der Waals surface area contributed by atoms with Crippen LogP contribution < -0.4 is 0 Å². The SMILES string of the molecule is O=C1O[C@@H](c2ccccc2)[C@@H](c2ccccc2)N(C(=O)OCc2ccccc2)[C@H]1CC1CCCCC1. The molecule has 0 radical (unpaired) electrons. The van der Waals surface area contributed by atoms with Crippen molar-refractivity contribution < 1.29 is 19.1 Å². The minimum Gasteiger partial charge on any atom is -0.453 e. The van der Waals surface area contributed by atoms with Crippen LogP contribution in [0.25, 0.3) is 0 Å². The van der Waals surface area contributed by atoms with Gasteiger partial charge in [0.25, 0.3) is 0 Å². The molecule has 0 aromatic heterocycles. The van der Waals surface area contributed by atoms with E-state index in [2.05, 4.69) is 0 Å². The van der Waals surface area contributed by atoms with Crippen molar-refractivity contribution in [2.45, 2.75) is 63.3 Å². The average Bonchev–Trinajstić information content (AvgIpc) is 2.94. The molecule has 0 N–H and O–H groups in total. The topological polar surface area (TPSA) is 55.8 Å². The Morgan fingerprint density at radius 3 is 2.03 bits per heavy atom. The summed E-state index contributed by atoms with van der Waals surface area (Å²) in [5.41, 5.74) is 2.69. The molecule has 5 nitrogen and oxygen atoms in total. The number of carbonyl (C=O) groups excluding carboxylic acids is 2. The lowest BCUT2D eigenvalue weighted by Crippen LogP contribution is -2.55. The van der Waals surface area contributed by atoms with Crippen molar-refractivity contribution in [3.05, 3.63) is 108 Å². The molecule has 0 spiro atoms. The Kier molecular flexibility index (Phi) is 7.65. The number of cyclic esters (lactones) is 1. The summed E-state index contributed by atoms with van der Waals surface area (Å²) < 4.78 is 12.0. The molecule has 1 heterocycles. The normalized spacial score (nSPS) is 22.6. The van der Waals surface area contributed by atoms with Gasteiger partial charge in [-0.1, -0.05) is 123 Å². The second-order valence-electron chi connectivity index (χ2n) is 9.83. The van der Waals surface area contributed by atoms with Crippen molar-refractivity contribution in [3.63, 3.8) is 0 Å². The van der Waals surface area contributed by atoms with Crippen LogP contribution in [0.1, 0.15) is 67.4 Å². The van der Waals surface area contributed by atoms with Crippen molar-refractivity contribution in [2.24, 2.45) is 5.92 Å². The zero-order valence-electron chi connectivity index (χ0n) is 20.5. The lowest BCUT2D eigenvalue weighted by Gasteiger charge is -2.45. The summed E-state index contributed by atoms with van der Waals surface area (Å²) >= 11 is 0. The summed E-state index contributed by atoms with van der Waals surface area (Å²) in [4.78, 5) is 29.0. The van der Waals surface area contributed by atoms with E-state index in [0.717, 1.165) is 29.5 Å². The number of hydrogen-bond acceptors (Lipinski definition) is 4. The lowest BCUT2D eigenvalue weighted by atomic mass is 9.82. The van der Waals surface area contributed by atoms with Crippen LogP contribution in [0.3, 0.4) is 0 Å². The lowest BCUT2D eigenvalue weighted by molar-refractivity contribution is -0.174. The number of hydrogen-bond donors (Lipinski definition) is 0. The van der Waals surface area contributed by atoms with Gasteiger partial charge in [-0.2, -0.15) is 0 Å². The monoisotopic (exact) mass is 483 g/mol. The number of nitrogens with zero attached hydrogens (tertiary/aromatic N) is 1. The minimum atomic E-state index is -0.679. The predicted molar refractivity (Wildman–Crippen MR) is 138 cm³/mol. The molecule has 186 valence electrons. The molecule has 3 aromatic rings. The number of rotatable bonds is 6. The van der Waals surface area contributed by atoms with Crippen molar-refractivity contribution in [2.75, 3.05) is 0 Å². The number of ether oxygens (including phenoxy) is 2. The van der Waals surface area contributed by atoms with Gasteiger partial charge in [0.1, 0.15) is 18.7 Å². The number of esters is 1. The summed E-state index contributed by atoms with van der Waals surface area (Å²) in [6.45, 7) is 0.152. The number of benzene rings is 3. The Morgan fingerprint density at radius 2 is 1.39 bits per heavy atom. The van der Waals surface area contributed by atoms with Crippen LogP contribution >= 0.6 is 0 Å². The molecule has 1 aliphatic carbocycles. The van der Waals surface area contributed by atoms with Crippen LogP contribution in [0.5, 0.6) is 0 Å². The van der Waals surface area contributed by atoms with Crippen LogP contribution in [-0.4, -0.2) is 23.0 Å². The molecule has 3 aromatic carbocycles. The summed E-state index contributed by atoms with van der Waals surface area (Å²) in [6, 6.07) is 28.0. The third-order valence-electron chi connectivity index (χ3n) is 7.40. The smallest absolute Gasteiger partial charge is 0.411 e. The first-order valence-electron chi connectivity index (χ1n) is 13.0. The van der Waals surface area contributed by atoms with E-state index in [-0.39, 0.29) is 12.6 Å². The molecule has 3 atom stereocenters. The van der Waals surface area contributed by atoms with E-state index in [1.165, 1.54) is 19.3 Å². The summed E-state index contributed by atoms with van der Waals surface area (Å²) in [5, 5.41) is 0. The standard InChI is InChI=1S/C31H33NO4/c33-30-27(21-23-13-5-1-6-14-23)32(31(34)35-22-24-15-7-2-8-16-24)28(25-17-9-3-10-18-25)29(36-30)26-19-11-4-12-20-26/h2-4,7-12,15-20,23,27-29H,1,5-6,13-14,21-22H2/t27-,28+,29-/m0/s1. The van der Waals surface area contributed by atoms with Gasteiger partial charge < -0.3 is 9.47 Å². The molecule has 2 fully saturated rings. The molecule has 2 aliphatic rings. The Morgan fingerprint density at radius 1 is 0.806 bits per heavy atom. The van der Waals surface area contributed by atoms with E-state index in [1.807, 2.05) is 91.0 Å². The van der Waals surface area contributed by atoms with Gasteiger partial charge in [0.2, 0.25) is 0 Å². The Balaban J connectivity index is 1.52. The summed E-state index contributed by atoms with van der Waals surface area (Å²) in [6.07, 6.45) is 5.23. The van der Waals surface area contributed by atoms with Crippen molar-refractivity contribution >= 4 is 12.1 Å². The van der Waals surface area contributed by atoms with Crippen LogP contribution in [-0.2, 0) is 20.9 Å². The Labute approximate surface area is 213 Å². The highest BCUT2D eigenvalue weighted by Gasteiger charge is 2.49. The largest absolute Gasteiger partial charge is 0.453 e. The maximum absolute atomic E-state index is 13.8. The predicted octanol–water partition coefficient (Wildman–Crippen LogP) is 7.00. The first-order valence-corrected chi connectivity index (χ1v) is 13.0. The van der Waals surface area contributed by atoms with E-state index < -0.39 is 24.3 Å². The van der Waals surface area contributed by atoms with Crippen LogP contribution in [0.4, 0.5) is 4.79 Å². The van der Waals surface area contributed by atoms with Crippen LogP contribution in [0.2, 0.25) is 0 Å². The maximum atomic E-state index is 13.8. The highest BCUT2D eigenvalue weighted by atomic mass is 16.6. The van der Waals surface area contributed by atoms with E-state index >= 15 is 0 Å². The second-order valence-corrected chi connectivity index (χ2v) is 9.83. The molecular formula is C31H33NO4. The van der Waals surface area contributed by atoms with Crippen molar-refractivity contribution in [1.82, 2.24) is 4.90 Å². The molecule has 5 heteroatoms. The van der Waals surface area contributed by atoms with E-state index in [1.54, 1.807) is 4.90 Å².